The lowest BCUT2D eigenvalue weighted by molar-refractivity contribution is 0.266. The van der Waals surface area contributed by atoms with Crippen LogP contribution in [0.5, 0.6) is 0 Å². The first-order chi connectivity index (χ1) is 15.3. The zero-order valence-electron chi connectivity index (χ0n) is 17.9. The SMILES string of the molecule is c1cnc(N2CCN(CCNc3nc(C4CC4)nc4sc5c(c34)CCCC5)CC2)nc1. The van der Waals surface area contributed by atoms with Gasteiger partial charge in [0.2, 0.25) is 5.95 Å². The number of anilines is 2. The van der Waals surface area contributed by atoms with E-state index < -0.39 is 0 Å². The predicted octanol–water partition coefficient (Wildman–Crippen LogP) is 3.47. The largest absolute Gasteiger partial charge is 0.368 e. The van der Waals surface area contributed by atoms with Gasteiger partial charge in [0, 0.05) is 62.5 Å². The number of hydrogen-bond acceptors (Lipinski definition) is 8. The van der Waals surface area contributed by atoms with E-state index in [1.165, 1.54) is 54.3 Å². The molecule has 0 radical (unpaired) electrons. The quantitative estimate of drug-likeness (QED) is 0.636. The van der Waals surface area contributed by atoms with E-state index >= 15 is 0 Å². The summed E-state index contributed by atoms with van der Waals surface area (Å²) in [6.07, 6.45) is 11.1. The minimum Gasteiger partial charge on any atom is -0.368 e. The molecular weight excluding hydrogens is 406 g/mol. The lowest BCUT2D eigenvalue weighted by Gasteiger charge is -2.34. The Morgan fingerprint density at radius 3 is 2.61 bits per heavy atom. The Hall–Kier alpha value is -2.32. The Labute approximate surface area is 186 Å². The molecule has 31 heavy (non-hydrogen) atoms. The maximum atomic E-state index is 5.02. The second kappa shape index (κ2) is 8.31. The van der Waals surface area contributed by atoms with Crippen molar-refractivity contribution in [3.8, 4) is 0 Å². The van der Waals surface area contributed by atoms with Gasteiger partial charge in [-0.1, -0.05) is 0 Å². The van der Waals surface area contributed by atoms with Crippen LogP contribution in [0.4, 0.5) is 11.8 Å². The van der Waals surface area contributed by atoms with Crippen LogP contribution in [0.25, 0.3) is 10.2 Å². The summed E-state index contributed by atoms with van der Waals surface area (Å²) in [5.74, 6) is 3.57. The van der Waals surface area contributed by atoms with Crippen LogP contribution in [0.1, 0.15) is 47.9 Å². The fraction of sp³-hybridized carbons (Fsp3) is 0.565. The third-order valence-electron chi connectivity index (χ3n) is 6.70. The second-order valence-electron chi connectivity index (χ2n) is 8.90. The zero-order valence-corrected chi connectivity index (χ0v) is 18.7. The number of fused-ring (bicyclic) bond motifs is 3. The standard InChI is InChI=1S/C23H29N7S/c1-2-5-18-17(4-1)19-21(27-20(16-6-7-16)28-22(19)31-18)24-10-11-29-12-14-30(15-13-29)23-25-8-3-9-26-23/h3,8-9,16H,1-2,4-7,10-15H2,(H,24,27,28). The summed E-state index contributed by atoms with van der Waals surface area (Å²) in [6.45, 7) is 5.99. The smallest absolute Gasteiger partial charge is 0.225 e. The number of rotatable bonds is 6. The van der Waals surface area contributed by atoms with E-state index in [2.05, 4.69) is 25.1 Å². The topological polar surface area (TPSA) is 70.1 Å². The van der Waals surface area contributed by atoms with Gasteiger partial charge < -0.3 is 10.2 Å². The average molecular weight is 436 g/mol. The van der Waals surface area contributed by atoms with Gasteiger partial charge in [-0.25, -0.2) is 19.9 Å². The molecular formula is C23H29N7S. The van der Waals surface area contributed by atoms with E-state index in [0.717, 1.165) is 56.9 Å². The Kier molecular flexibility index (Phi) is 5.20. The minimum atomic E-state index is 0.581. The highest BCUT2D eigenvalue weighted by atomic mass is 32.1. The predicted molar refractivity (Wildman–Crippen MR) is 125 cm³/mol. The molecule has 0 bridgehead atoms. The van der Waals surface area contributed by atoms with Crippen LogP contribution in [0.2, 0.25) is 0 Å². The van der Waals surface area contributed by atoms with Crippen LogP contribution >= 0.6 is 11.3 Å². The molecule has 8 heteroatoms. The van der Waals surface area contributed by atoms with Crippen LogP contribution < -0.4 is 10.2 Å². The number of hydrogen-bond donors (Lipinski definition) is 1. The van der Waals surface area contributed by atoms with Crippen molar-refractivity contribution >= 4 is 33.3 Å². The van der Waals surface area contributed by atoms with Crippen molar-refractivity contribution in [3.05, 3.63) is 34.7 Å². The highest BCUT2D eigenvalue weighted by Crippen LogP contribution is 2.43. The molecule has 1 N–H and O–H groups in total. The number of nitrogens with one attached hydrogen (secondary N) is 1. The molecule has 6 rings (SSSR count). The van der Waals surface area contributed by atoms with Gasteiger partial charge in [-0.3, -0.25) is 4.90 Å². The lowest BCUT2D eigenvalue weighted by Crippen LogP contribution is -2.48. The molecule has 2 aliphatic carbocycles. The first-order valence-corrected chi connectivity index (χ1v) is 12.5. The highest BCUT2D eigenvalue weighted by Gasteiger charge is 2.29. The van der Waals surface area contributed by atoms with E-state index in [0.29, 0.717) is 5.92 Å². The summed E-state index contributed by atoms with van der Waals surface area (Å²) in [7, 11) is 0. The maximum Gasteiger partial charge on any atom is 0.225 e. The molecule has 162 valence electrons. The number of aryl methyl sites for hydroxylation is 2. The Balaban J connectivity index is 1.13. The first kappa shape index (κ1) is 19.4. The molecule has 4 heterocycles. The molecule has 3 aromatic heterocycles. The molecule has 1 saturated carbocycles. The summed E-state index contributed by atoms with van der Waals surface area (Å²) in [5.41, 5.74) is 1.52. The molecule has 0 unspecified atom stereocenters. The van der Waals surface area contributed by atoms with E-state index in [1.807, 2.05) is 29.8 Å². The lowest BCUT2D eigenvalue weighted by atomic mass is 9.97. The van der Waals surface area contributed by atoms with E-state index in [4.69, 9.17) is 9.97 Å². The molecule has 7 nitrogen and oxygen atoms in total. The maximum absolute atomic E-state index is 5.02. The monoisotopic (exact) mass is 435 g/mol. The molecule has 2 fully saturated rings. The fourth-order valence-electron chi connectivity index (χ4n) is 4.78. The molecule has 1 aliphatic heterocycles. The van der Waals surface area contributed by atoms with Gasteiger partial charge in [0.25, 0.3) is 0 Å². The Morgan fingerprint density at radius 2 is 1.81 bits per heavy atom. The average Bonchev–Trinajstić information content (AvgIpc) is 3.60. The van der Waals surface area contributed by atoms with Crippen molar-refractivity contribution < 1.29 is 0 Å². The van der Waals surface area contributed by atoms with Gasteiger partial charge in [-0.05, 0) is 50.2 Å². The second-order valence-corrected chi connectivity index (χ2v) is 9.98. The van der Waals surface area contributed by atoms with E-state index in [1.54, 1.807) is 4.88 Å². The van der Waals surface area contributed by atoms with Gasteiger partial charge in [-0.15, -0.1) is 11.3 Å². The Bertz CT molecular complexity index is 1050. The minimum absolute atomic E-state index is 0.581. The van der Waals surface area contributed by atoms with Crippen molar-refractivity contribution in [2.75, 3.05) is 49.5 Å². The highest BCUT2D eigenvalue weighted by molar-refractivity contribution is 7.19. The number of nitrogens with zero attached hydrogens (tertiary/aromatic N) is 6. The summed E-state index contributed by atoms with van der Waals surface area (Å²) in [5, 5.41) is 5.03. The first-order valence-electron chi connectivity index (χ1n) is 11.7. The fourth-order valence-corrected chi connectivity index (χ4v) is 6.05. The normalized spacial score (nSPS) is 19.5. The van der Waals surface area contributed by atoms with Crippen molar-refractivity contribution in [1.82, 2.24) is 24.8 Å². The van der Waals surface area contributed by atoms with Crippen molar-refractivity contribution in [3.63, 3.8) is 0 Å². The summed E-state index contributed by atoms with van der Waals surface area (Å²) >= 11 is 1.91. The molecule has 3 aromatic rings. The van der Waals surface area contributed by atoms with E-state index in [9.17, 15) is 0 Å². The number of aromatic nitrogens is 4. The van der Waals surface area contributed by atoms with Crippen molar-refractivity contribution in [2.45, 2.75) is 44.4 Å². The molecule has 0 atom stereocenters. The number of piperazine rings is 1. The van der Waals surface area contributed by atoms with Crippen LogP contribution in [0, 0.1) is 0 Å². The summed E-state index contributed by atoms with van der Waals surface area (Å²) in [4.78, 5) is 26.3. The summed E-state index contributed by atoms with van der Waals surface area (Å²) < 4.78 is 0. The molecule has 0 amide bonds. The van der Waals surface area contributed by atoms with Gasteiger partial charge >= 0.3 is 0 Å². The molecule has 1 saturated heterocycles. The number of thiophene rings is 1. The van der Waals surface area contributed by atoms with Gasteiger partial charge in [0.05, 0.1) is 5.39 Å². The molecule has 0 aromatic carbocycles. The third kappa shape index (κ3) is 3.99. The van der Waals surface area contributed by atoms with Gasteiger partial charge in [-0.2, -0.15) is 0 Å². The van der Waals surface area contributed by atoms with Crippen molar-refractivity contribution in [1.29, 1.82) is 0 Å². The van der Waals surface area contributed by atoms with Gasteiger partial charge in [0.1, 0.15) is 16.5 Å². The third-order valence-corrected chi connectivity index (χ3v) is 7.89. The van der Waals surface area contributed by atoms with Crippen molar-refractivity contribution in [2.24, 2.45) is 0 Å². The molecule has 3 aliphatic rings. The van der Waals surface area contributed by atoms with Crippen LogP contribution in [-0.2, 0) is 12.8 Å². The van der Waals surface area contributed by atoms with E-state index in [-0.39, 0.29) is 0 Å². The van der Waals surface area contributed by atoms with Gasteiger partial charge in [0.15, 0.2) is 0 Å². The molecule has 0 spiro atoms. The van der Waals surface area contributed by atoms with Crippen LogP contribution in [0.3, 0.4) is 0 Å². The zero-order chi connectivity index (χ0) is 20.6. The van der Waals surface area contributed by atoms with Crippen LogP contribution in [-0.4, -0.2) is 64.1 Å². The van der Waals surface area contributed by atoms with Crippen LogP contribution in [0.15, 0.2) is 18.5 Å². The Morgan fingerprint density at radius 1 is 1.00 bits per heavy atom. The summed E-state index contributed by atoms with van der Waals surface area (Å²) in [6, 6.07) is 1.87.